The van der Waals surface area contributed by atoms with Crippen molar-refractivity contribution in [2.45, 2.75) is 11.8 Å². The summed E-state index contributed by atoms with van der Waals surface area (Å²) in [5.41, 5.74) is -0.457. The minimum Gasteiger partial charge on any atom is -0.258 e. The molecule has 1 N–H and O–H groups in total. The number of hydrogen-bond acceptors (Lipinski definition) is 4. The third kappa shape index (κ3) is 3.43. The summed E-state index contributed by atoms with van der Waals surface area (Å²) in [4.78, 5) is 9.68. The Kier molecular flexibility index (Phi) is 4.67. The maximum absolute atomic E-state index is 11.7. The fourth-order valence-corrected chi connectivity index (χ4v) is 2.23. The third-order valence-electron chi connectivity index (χ3n) is 1.95. The van der Waals surface area contributed by atoms with Gasteiger partial charge in [0.15, 0.2) is 0 Å². The molecule has 96 valence electrons. The van der Waals surface area contributed by atoms with Crippen LogP contribution >= 0.6 is 11.6 Å². The Bertz CT molecular complexity index is 631. The van der Waals surface area contributed by atoms with Gasteiger partial charge in [-0.05, 0) is 19.1 Å². The molecule has 0 aromatic heterocycles. The van der Waals surface area contributed by atoms with Gasteiger partial charge in [0.05, 0.1) is 16.4 Å². The van der Waals surface area contributed by atoms with Crippen molar-refractivity contribution in [1.82, 2.24) is 4.72 Å². The van der Waals surface area contributed by atoms with Gasteiger partial charge < -0.3 is 0 Å². The zero-order valence-electron chi connectivity index (χ0n) is 9.31. The topological polar surface area (TPSA) is 89.3 Å². The van der Waals surface area contributed by atoms with E-state index in [0.29, 0.717) is 0 Å². The lowest BCUT2D eigenvalue weighted by Crippen LogP contribution is -2.24. The van der Waals surface area contributed by atoms with E-state index in [-0.39, 0.29) is 16.5 Å². The van der Waals surface area contributed by atoms with Crippen LogP contribution < -0.4 is 4.72 Å². The van der Waals surface area contributed by atoms with Crippen LogP contribution in [-0.4, -0.2) is 19.9 Å². The van der Waals surface area contributed by atoms with Crippen molar-refractivity contribution in [3.63, 3.8) is 0 Å². The first-order valence-corrected chi connectivity index (χ1v) is 6.58. The zero-order chi connectivity index (χ0) is 13.8. The molecule has 0 atom stereocenters. The summed E-state index contributed by atoms with van der Waals surface area (Å²) in [6.07, 6.45) is 0. The highest BCUT2D eigenvalue weighted by atomic mass is 35.5. The normalized spacial score (nSPS) is 10.6. The van der Waals surface area contributed by atoms with Gasteiger partial charge >= 0.3 is 0 Å². The first-order valence-electron chi connectivity index (χ1n) is 4.71. The minimum absolute atomic E-state index is 0.0603. The van der Waals surface area contributed by atoms with Gasteiger partial charge in [-0.2, -0.15) is 4.72 Å². The molecule has 18 heavy (non-hydrogen) atoms. The Morgan fingerprint density at radius 3 is 2.72 bits per heavy atom. The lowest BCUT2D eigenvalue weighted by molar-refractivity contribution is -0.384. The standard InChI is InChI=1S/C10H9ClN2O4S/c1-2-3-6-12-18(16,17)8-4-5-9(11)10(7-8)13(14)15/h4-5,7,12H,6H2,1H3. The van der Waals surface area contributed by atoms with Gasteiger partial charge in [0.2, 0.25) is 10.0 Å². The number of nitrogens with zero attached hydrogens (tertiary/aromatic N) is 1. The van der Waals surface area contributed by atoms with E-state index in [0.717, 1.165) is 6.07 Å². The van der Waals surface area contributed by atoms with E-state index in [9.17, 15) is 18.5 Å². The molecular weight excluding hydrogens is 280 g/mol. The molecule has 0 radical (unpaired) electrons. The van der Waals surface area contributed by atoms with Crippen LogP contribution in [-0.2, 0) is 10.0 Å². The number of sulfonamides is 1. The van der Waals surface area contributed by atoms with Crippen LogP contribution in [0.15, 0.2) is 23.1 Å². The van der Waals surface area contributed by atoms with Crippen molar-refractivity contribution in [1.29, 1.82) is 0 Å². The van der Waals surface area contributed by atoms with Gasteiger partial charge in [-0.15, -0.1) is 5.92 Å². The maximum Gasteiger partial charge on any atom is 0.289 e. The second-order valence-electron chi connectivity index (χ2n) is 3.12. The fourth-order valence-electron chi connectivity index (χ4n) is 1.10. The van der Waals surface area contributed by atoms with Crippen LogP contribution in [0.2, 0.25) is 5.02 Å². The third-order valence-corrected chi connectivity index (χ3v) is 3.67. The van der Waals surface area contributed by atoms with Gasteiger partial charge in [-0.25, -0.2) is 8.42 Å². The Morgan fingerprint density at radius 2 is 2.17 bits per heavy atom. The molecule has 1 aromatic rings. The van der Waals surface area contributed by atoms with Crippen molar-refractivity contribution in [3.8, 4) is 11.8 Å². The van der Waals surface area contributed by atoms with Gasteiger partial charge in [-0.1, -0.05) is 17.5 Å². The average Bonchev–Trinajstić information content (AvgIpc) is 2.29. The largest absolute Gasteiger partial charge is 0.289 e. The van der Waals surface area contributed by atoms with Crippen molar-refractivity contribution in [3.05, 3.63) is 33.3 Å². The molecule has 0 heterocycles. The molecule has 0 saturated carbocycles. The van der Waals surface area contributed by atoms with Gasteiger partial charge in [0, 0.05) is 6.07 Å². The summed E-state index contributed by atoms with van der Waals surface area (Å²) in [7, 11) is -3.82. The summed E-state index contributed by atoms with van der Waals surface area (Å²) in [5, 5.41) is 10.5. The van der Waals surface area contributed by atoms with E-state index in [1.54, 1.807) is 6.92 Å². The molecule has 0 fully saturated rings. The van der Waals surface area contributed by atoms with Crippen molar-refractivity contribution in [2.75, 3.05) is 6.54 Å². The highest BCUT2D eigenvalue weighted by Crippen LogP contribution is 2.26. The smallest absolute Gasteiger partial charge is 0.258 e. The zero-order valence-corrected chi connectivity index (χ0v) is 10.9. The Labute approximate surface area is 109 Å². The van der Waals surface area contributed by atoms with Gasteiger partial charge in [0.1, 0.15) is 5.02 Å². The Morgan fingerprint density at radius 1 is 1.50 bits per heavy atom. The molecule has 0 unspecified atom stereocenters. The molecule has 6 nitrogen and oxygen atoms in total. The summed E-state index contributed by atoms with van der Waals surface area (Å²) in [5.74, 6) is 5.05. The Hall–Kier alpha value is -1.62. The van der Waals surface area contributed by atoms with Crippen LogP contribution in [0.3, 0.4) is 0 Å². The number of benzene rings is 1. The molecule has 0 bridgehead atoms. The molecule has 1 rings (SSSR count). The van der Waals surface area contributed by atoms with Crippen LogP contribution in [0, 0.1) is 22.0 Å². The molecule has 0 aliphatic carbocycles. The number of rotatable bonds is 4. The first-order chi connectivity index (χ1) is 8.38. The van der Waals surface area contributed by atoms with Crippen molar-refractivity contribution < 1.29 is 13.3 Å². The summed E-state index contributed by atoms with van der Waals surface area (Å²) < 4.78 is 25.7. The van der Waals surface area contributed by atoms with Gasteiger partial charge in [-0.3, -0.25) is 10.1 Å². The Balaban J connectivity index is 3.12. The van der Waals surface area contributed by atoms with Crippen molar-refractivity contribution in [2.24, 2.45) is 0 Å². The minimum atomic E-state index is -3.82. The average molecular weight is 289 g/mol. The van der Waals surface area contributed by atoms with Crippen LogP contribution in [0.4, 0.5) is 5.69 Å². The molecule has 0 amide bonds. The van der Waals surface area contributed by atoms with Gasteiger partial charge in [0.25, 0.3) is 5.69 Å². The second-order valence-corrected chi connectivity index (χ2v) is 5.30. The highest BCUT2D eigenvalue weighted by molar-refractivity contribution is 7.89. The van der Waals surface area contributed by atoms with E-state index in [1.807, 2.05) is 0 Å². The van der Waals surface area contributed by atoms with Crippen molar-refractivity contribution >= 4 is 27.3 Å². The van der Waals surface area contributed by atoms with E-state index in [1.165, 1.54) is 12.1 Å². The van der Waals surface area contributed by atoms with E-state index in [2.05, 4.69) is 16.6 Å². The first kappa shape index (κ1) is 14.4. The number of nitro groups is 1. The maximum atomic E-state index is 11.7. The molecule has 1 aromatic carbocycles. The second kappa shape index (κ2) is 5.82. The predicted octanol–water partition coefficient (Wildman–Crippen LogP) is 1.55. The molecule has 0 spiro atoms. The fraction of sp³-hybridized carbons (Fsp3) is 0.200. The van der Waals surface area contributed by atoms with E-state index >= 15 is 0 Å². The summed E-state index contributed by atoms with van der Waals surface area (Å²) in [6.45, 7) is 1.51. The number of nitro benzene ring substituents is 1. The molecule has 0 aliphatic rings. The predicted molar refractivity (Wildman–Crippen MR) is 66.7 cm³/mol. The molecule has 8 heteroatoms. The van der Waals surface area contributed by atoms with E-state index < -0.39 is 20.6 Å². The van der Waals surface area contributed by atoms with Crippen LogP contribution in [0.1, 0.15) is 6.92 Å². The highest BCUT2D eigenvalue weighted by Gasteiger charge is 2.19. The lowest BCUT2D eigenvalue weighted by atomic mass is 10.3. The SMILES string of the molecule is CC#CCNS(=O)(=O)c1ccc(Cl)c([N+](=O)[O-])c1. The molecule has 0 saturated heterocycles. The quantitative estimate of drug-likeness (QED) is 0.517. The number of halogens is 1. The van der Waals surface area contributed by atoms with Crippen LogP contribution in [0.25, 0.3) is 0 Å². The summed E-state index contributed by atoms with van der Waals surface area (Å²) in [6, 6.07) is 3.26. The van der Waals surface area contributed by atoms with Crippen LogP contribution in [0.5, 0.6) is 0 Å². The number of nitrogens with one attached hydrogen (secondary N) is 1. The number of hydrogen-bond donors (Lipinski definition) is 1. The van der Waals surface area contributed by atoms with E-state index in [4.69, 9.17) is 11.6 Å². The molecular formula is C10H9ClN2O4S. The monoisotopic (exact) mass is 288 g/mol. The molecule has 0 aliphatic heterocycles. The summed E-state index contributed by atoms with van der Waals surface area (Å²) >= 11 is 5.59. The lowest BCUT2D eigenvalue weighted by Gasteiger charge is -2.04.